The lowest BCUT2D eigenvalue weighted by Gasteiger charge is -2.20. The second-order valence-electron chi connectivity index (χ2n) is 23.9. The van der Waals surface area contributed by atoms with Crippen molar-refractivity contribution >= 4 is 11.9 Å². The summed E-state index contributed by atoms with van der Waals surface area (Å²) >= 11 is 0. The van der Waals surface area contributed by atoms with Gasteiger partial charge in [-0.15, -0.1) is 0 Å². The van der Waals surface area contributed by atoms with Crippen LogP contribution in [0.5, 0.6) is 0 Å². The summed E-state index contributed by atoms with van der Waals surface area (Å²) in [5, 5.41) is 23.3. The molecule has 0 aliphatic carbocycles. The predicted octanol–water partition coefficient (Wildman–Crippen LogP) is 22.3. The van der Waals surface area contributed by atoms with Gasteiger partial charge >= 0.3 is 5.97 Å². The zero-order valence-corrected chi connectivity index (χ0v) is 52.0. The van der Waals surface area contributed by atoms with E-state index in [-0.39, 0.29) is 18.5 Å². The Balaban J connectivity index is 3.45. The lowest BCUT2D eigenvalue weighted by atomic mass is 10.0. The van der Waals surface area contributed by atoms with Crippen molar-refractivity contribution < 1.29 is 24.5 Å². The van der Waals surface area contributed by atoms with E-state index in [4.69, 9.17) is 4.74 Å². The molecule has 0 aromatic rings. The molecule has 6 nitrogen and oxygen atoms in total. The second kappa shape index (κ2) is 66.6. The molecule has 0 saturated heterocycles. The Morgan fingerprint density at radius 2 is 0.610 bits per heavy atom. The molecule has 3 N–H and O–H groups in total. The molecule has 0 spiro atoms. The molecule has 1 amide bonds. The molecule has 454 valence electrons. The fraction of sp³-hybridized carbons (Fsp3) is 0.887. The highest BCUT2D eigenvalue weighted by Gasteiger charge is 2.18. The van der Waals surface area contributed by atoms with E-state index in [1.165, 1.54) is 302 Å². The highest BCUT2D eigenvalue weighted by atomic mass is 16.5. The third-order valence-electron chi connectivity index (χ3n) is 16.1. The quantitative estimate of drug-likeness (QED) is 0.0320. The maximum atomic E-state index is 12.5. The third-order valence-corrected chi connectivity index (χ3v) is 16.1. The highest BCUT2D eigenvalue weighted by Crippen LogP contribution is 2.18. The summed E-state index contributed by atoms with van der Waals surface area (Å²) in [5.41, 5.74) is 0. The van der Waals surface area contributed by atoms with E-state index in [2.05, 4.69) is 43.5 Å². The predicted molar refractivity (Wildman–Crippen MR) is 338 cm³/mol. The number of unbranched alkanes of at least 4 members (excludes halogenated alkanes) is 50. The number of nitrogens with one attached hydrogen (secondary N) is 1. The number of rotatable bonds is 65. The fourth-order valence-electron chi connectivity index (χ4n) is 10.8. The Kier molecular flexibility index (Phi) is 64.9. The minimum atomic E-state index is -0.851. The van der Waals surface area contributed by atoms with Gasteiger partial charge in [0.2, 0.25) is 5.91 Å². The van der Waals surface area contributed by atoms with Crippen LogP contribution in [0.1, 0.15) is 380 Å². The van der Waals surface area contributed by atoms with Crippen LogP contribution in [0.25, 0.3) is 0 Å². The van der Waals surface area contributed by atoms with E-state index in [0.717, 1.165) is 51.4 Å². The number of aliphatic hydroxyl groups is 2. The summed E-state index contributed by atoms with van der Waals surface area (Å²) in [6.45, 7) is 4.91. The van der Waals surface area contributed by atoms with Gasteiger partial charge in [0.1, 0.15) is 0 Å². The Hall–Kier alpha value is -1.92. The number of hydrogen-bond donors (Lipinski definition) is 3. The van der Waals surface area contributed by atoms with Gasteiger partial charge in [0, 0.05) is 12.8 Å². The zero-order valence-electron chi connectivity index (χ0n) is 52.0. The molecule has 0 aromatic heterocycles. The van der Waals surface area contributed by atoms with Gasteiger partial charge in [0.15, 0.2) is 0 Å². The van der Waals surface area contributed by atoms with Crippen molar-refractivity contribution in [1.82, 2.24) is 5.32 Å². The summed E-state index contributed by atoms with van der Waals surface area (Å²) in [6.07, 6.45) is 85.0. The van der Waals surface area contributed by atoms with Crippen LogP contribution in [0.3, 0.4) is 0 Å². The smallest absolute Gasteiger partial charge is 0.305 e. The van der Waals surface area contributed by atoms with Crippen LogP contribution < -0.4 is 5.32 Å². The van der Waals surface area contributed by atoms with E-state index in [0.29, 0.717) is 19.4 Å². The number of carbonyl (C=O) groups excluding carboxylic acids is 2. The molecule has 0 fully saturated rings. The van der Waals surface area contributed by atoms with E-state index < -0.39 is 12.1 Å². The van der Waals surface area contributed by atoms with Gasteiger partial charge in [-0.1, -0.05) is 320 Å². The summed E-state index contributed by atoms with van der Waals surface area (Å²) < 4.78 is 5.48. The first kappa shape index (κ1) is 75.1. The lowest BCUT2D eigenvalue weighted by molar-refractivity contribution is -0.143. The lowest BCUT2D eigenvalue weighted by Crippen LogP contribution is -2.45. The molecular formula is C71H135NO5. The second-order valence-corrected chi connectivity index (χ2v) is 23.9. The van der Waals surface area contributed by atoms with Crippen molar-refractivity contribution in [3.63, 3.8) is 0 Å². The Morgan fingerprint density at radius 3 is 0.922 bits per heavy atom. The maximum Gasteiger partial charge on any atom is 0.305 e. The molecule has 0 heterocycles. The number of carbonyl (C=O) groups is 2. The van der Waals surface area contributed by atoms with Crippen molar-refractivity contribution in [2.24, 2.45) is 0 Å². The summed E-state index contributed by atoms with van der Waals surface area (Å²) in [6, 6.07) is -0.636. The fourth-order valence-corrected chi connectivity index (χ4v) is 10.8. The van der Waals surface area contributed by atoms with Gasteiger partial charge in [-0.25, -0.2) is 0 Å². The minimum absolute atomic E-state index is 0.000428. The van der Waals surface area contributed by atoms with E-state index >= 15 is 0 Å². The van der Waals surface area contributed by atoms with Crippen molar-refractivity contribution in [1.29, 1.82) is 0 Å². The monoisotopic (exact) mass is 1080 g/mol. The summed E-state index contributed by atoms with van der Waals surface area (Å²) in [7, 11) is 0. The normalized spacial score (nSPS) is 12.7. The highest BCUT2D eigenvalue weighted by molar-refractivity contribution is 5.76. The van der Waals surface area contributed by atoms with Gasteiger partial charge in [0.05, 0.1) is 25.4 Å². The average molecular weight is 1080 g/mol. The van der Waals surface area contributed by atoms with Crippen LogP contribution in [0.2, 0.25) is 0 Å². The molecule has 0 rings (SSSR count). The SMILES string of the molecule is CCCCCCC/C=C\CCCCCCCC(=O)OCCCCCCCCCCCC/C=C\CCCCCCCCCC(=O)NC(CO)C(O)/C=C/CCCCCCCCCCCCCCCCCCCCCCCCC. The van der Waals surface area contributed by atoms with E-state index in [9.17, 15) is 19.8 Å². The first-order chi connectivity index (χ1) is 38.0. The van der Waals surface area contributed by atoms with E-state index in [1.807, 2.05) is 6.08 Å². The van der Waals surface area contributed by atoms with Crippen LogP contribution in [-0.4, -0.2) is 47.4 Å². The number of allylic oxidation sites excluding steroid dienone is 5. The van der Waals surface area contributed by atoms with Crippen molar-refractivity contribution in [3.05, 3.63) is 36.5 Å². The number of aliphatic hydroxyl groups excluding tert-OH is 2. The van der Waals surface area contributed by atoms with Crippen LogP contribution in [0, 0.1) is 0 Å². The van der Waals surface area contributed by atoms with Crippen LogP contribution in [-0.2, 0) is 14.3 Å². The van der Waals surface area contributed by atoms with Gasteiger partial charge < -0.3 is 20.3 Å². The standard InChI is InChI=1S/C71H135NO5/c1-3-5-7-9-11-13-15-17-19-20-21-22-23-24-25-27-30-33-36-39-43-47-51-55-59-63-69(74)68(67-73)72-70(75)64-60-56-52-48-44-40-37-34-31-28-26-29-32-35-38-42-46-50-54-58-62-66-77-71(76)65-61-57-53-49-45-41-18-16-14-12-10-8-6-4-2/h16,18,28,31,59,63,68-69,73-74H,3-15,17,19-27,29-30,32-58,60-62,64-67H2,1-2H3,(H,72,75)/b18-16-,31-28-,63-59+. The molecule has 0 aliphatic rings. The van der Waals surface area contributed by atoms with Crippen LogP contribution in [0.4, 0.5) is 0 Å². The number of esters is 1. The van der Waals surface area contributed by atoms with Gasteiger partial charge in [-0.2, -0.15) is 0 Å². The van der Waals surface area contributed by atoms with Crippen LogP contribution >= 0.6 is 0 Å². The Labute approximate surface area is 481 Å². The molecule has 0 radical (unpaired) electrons. The number of amides is 1. The Morgan fingerprint density at radius 1 is 0.351 bits per heavy atom. The minimum Gasteiger partial charge on any atom is -0.466 e. The summed E-state index contributed by atoms with van der Waals surface area (Å²) in [4.78, 5) is 24.6. The van der Waals surface area contributed by atoms with Crippen molar-refractivity contribution in [3.8, 4) is 0 Å². The van der Waals surface area contributed by atoms with Gasteiger partial charge in [-0.3, -0.25) is 9.59 Å². The molecule has 0 aliphatic heterocycles. The first-order valence-corrected chi connectivity index (χ1v) is 34.8. The third kappa shape index (κ3) is 63.1. The van der Waals surface area contributed by atoms with E-state index in [1.54, 1.807) is 6.08 Å². The molecule has 0 aromatic carbocycles. The maximum absolute atomic E-state index is 12.5. The molecule has 0 saturated carbocycles. The molecule has 2 unspecified atom stereocenters. The molecule has 2 atom stereocenters. The molecule has 77 heavy (non-hydrogen) atoms. The van der Waals surface area contributed by atoms with Crippen LogP contribution in [0.15, 0.2) is 36.5 Å². The van der Waals surface area contributed by atoms with Gasteiger partial charge in [-0.05, 0) is 83.5 Å². The molecule has 6 heteroatoms. The first-order valence-electron chi connectivity index (χ1n) is 34.8. The molecule has 0 bridgehead atoms. The average Bonchev–Trinajstić information content (AvgIpc) is 3.43. The largest absolute Gasteiger partial charge is 0.466 e. The summed E-state index contributed by atoms with van der Waals surface area (Å²) in [5.74, 6) is -0.0725. The van der Waals surface area contributed by atoms with Crippen molar-refractivity contribution in [2.45, 2.75) is 392 Å². The zero-order chi connectivity index (χ0) is 55.7. The van der Waals surface area contributed by atoms with Gasteiger partial charge in [0.25, 0.3) is 0 Å². The van der Waals surface area contributed by atoms with Crippen molar-refractivity contribution in [2.75, 3.05) is 13.2 Å². The molecular weight excluding hydrogens is 947 g/mol. The number of ether oxygens (including phenoxy) is 1. The topological polar surface area (TPSA) is 95.9 Å². The Bertz CT molecular complexity index is 1250. The number of hydrogen-bond acceptors (Lipinski definition) is 5.